The van der Waals surface area contributed by atoms with E-state index in [-0.39, 0.29) is 0 Å². The summed E-state index contributed by atoms with van der Waals surface area (Å²) in [4.78, 5) is 0. The van der Waals surface area contributed by atoms with Crippen molar-refractivity contribution in [3.8, 4) is 0 Å². The molecule has 0 spiro atoms. The van der Waals surface area contributed by atoms with E-state index in [0.717, 1.165) is 0 Å². The molecule has 0 aromatic carbocycles. The summed E-state index contributed by atoms with van der Waals surface area (Å²) in [6, 6.07) is 0. The summed E-state index contributed by atoms with van der Waals surface area (Å²) in [5.74, 6) is 0. The summed E-state index contributed by atoms with van der Waals surface area (Å²) in [6.45, 7) is 4.00. The normalized spacial score (nSPS) is 13.1. The quantitative estimate of drug-likeness (QED) is 0.169. The average Bonchev–Trinajstić information content (AvgIpc) is 2.25. The summed E-state index contributed by atoms with van der Waals surface area (Å²) in [6.07, 6.45) is 4.68. The number of hydrogen-bond acceptors (Lipinski definition) is 4. The fraction of sp³-hybridized carbons (Fsp3) is 0.778. The van der Waals surface area contributed by atoms with Crippen LogP contribution in [0.5, 0.6) is 0 Å². The van der Waals surface area contributed by atoms with Gasteiger partial charge < -0.3 is 9.59 Å². The number of rotatable bonds is 1. The maximum atomic E-state index is 9.87. The molecular formula is C9H23F6N2O4PS. The molecule has 0 rings (SSSR count). The van der Waals surface area contributed by atoms with Crippen LogP contribution in [0.4, 0.5) is 25.2 Å². The van der Waals surface area contributed by atoms with Gasteiger partial charge in [-0.2, -0.15) is 0 Å². The molecule has 23 heavy (non-hydrogen) atoms. The van der Waals surface area contributed by atoms with E-state index in [4.69, 9.17) is 5.26 Å². The van der Waals surface area contributed by atoms with Crippen molar-refractivity contribution in [3.05, 3.63) is 0 Å². The molecule has 0 bridgehead atoms. The van der Waals surface area contributed by atoms with E-state index >= 15 is 0 Å². The van der Waals surface area contributed by atoms with Gasteiger partial charge in [-0.1, -0.05) is 0 Å². The van der Waals surface area contributed by atoms with Crippen molar-refractivity contribution in [1.82, 2.24) is 0 Å². The summed E-state index contributed by atoms with van der Waals surface area (Å²) in [5, 5.41) is 8.86. The van der Waals surface area contributed by atoms with Crippen molar-refractivity contribution in [2.45, 2.75) is 13.8 Å². The molecule has 146 valence electrons. The predicted octanol–water partition coefficient (Wildman–Crippen LogP) is 2.32. The van der Waals surface area contributed by atoms with E-state index < -0.39 is 17.9 Å². The van der Waals surface area contributed by atoms with Crippen LogP contribution in [-0.4, -0.2) is 64.4 Å². The van der Waals surface area contributed by atoms with Crippen LogP contribution in [0.3, 0.4) is 0 Å². The maximum absolute atomic E-state index is 10.7. The van der Waals surface area contributed by atoms with Crippen molar-refractivity contribution in [3.63, 3.8) is 0 Å². The van der Waals surface area contributed by atoms with Gasteiger partial charge in [0.1, 0.15) is 40.6 Å². The van der Waals surface area contributed by atoms with Crippen molar-refractivity contribution in [2.75, 3.05) is 34.4 Å². The van der Waals surface area contributed by atoms with Crippen LogP contribution in [0, 0.1) is 0 Å². The van der Waals surface area contributed by atoms with Crippen molar-refractivity contribution in [1.29, 1.82) is 0 Å². The molecule has 0 aliphatic carbocycles. The molecule has 6 nitrogen and oxygen atoms in total. The summed E-state index contributed by atoms with van der Waals surface area (Å²) >= 11 is 0. The molecule has 14 heteroatoms. The molecule has 0 saturated carbocycles. The first kappa shape index (κ1) is 30.1. The third-order valence-corrected chi connectivity index (χ3v) is 1.40. The van der Waals surface area contributed by atoms with Crippen LogP contribution in [0.2, 0.25) is 0 Å². The van der Waals surface area contributed by atoms with Crippen LogP contribution in [0.1, 0.15) is 13.8 Å². The van der Waals surface area contributed by atoms with Gasteiger partial charge in [0.2, 0.25) is 0 Å². The molecule has 0 aliphatic heterocycles. The zero-order valence-electron chi connectivity index (χ0n) is 13.8. The molecular weight excluding hydrogens is 377 g/mol. The Morgan fingerprint density at radius 2 is 0.957 bits per heavy atom. The summed E-state index contributed by atoms with van der Waals surface area (Å²) < 4.78 is 84.8. The fourth-order valence-corrected chi connectivity index (χ4v) is 0. The second kappa shape index (κ2) is 10.2. The number of nitrogens with zero attached hydrogens (tertiary/aromatic N) is 2. The predicted molar refractivity (Wildman–Crippen MR) is 77.2 cm³/mol. The van der Waals surface area contributed by atoms with Gasteiger partial charge in [-0.25, -0.2) is 17.6 Å². The SMILES string of the molecule is CC=[N+](C)C.CC=[N+](C)C.CS(=O)(=O)O[O-].F[P-](F)(F)(F)(F)F. The average molecular weight is 400 g/mol. The fourth-order valence-electron chi connectivity index (χ4n) is 0. The second-order valence-electron chi connectivity index (χ2n) is 4.17. The van der Waals surface area contributed by atoms with Gasteiger partial charge in [0.15, 0.2) is 0 Å². The monoisotopic (exact) mass is 400 g/mol. The molecule has 0 amide bonds. The first-order valence-corrected chi connectivity index (χ1v) is 9.39. The minimum atomic E-state index is -10.7. The first-order chi connectivity index (χ1) is 9.55. The molecule has 0 aromatic heterocycles. The van der Waals surface area contributed by atoms with Crippen molar-refractivity contribution in [2.24, 2.45) is 0 Å². The van der Waals surface area contributed by atoms with Crippen LogP contribution in [-0.2, 0) is 14.5 Å². The van der Waals surface area contributed by atoms with Crippen molar-refractivity contribution < 1.29 is 52.3 Å². The molecule has 0 radical (unpaired) electrons. The Hall–Kier alpha value is -0.780. The van der Waals surface area contributed by atoms with E-state index in [0.29, 0.717) is 6.26 Å². The molecule has 0 atom stereocenters. The Balaban J connectivity index is -0.000000106. The van der Waals surface area contributed by atoms with E-state index in [1.165, 1.54) is 0 Å². The van der Waals surface area contributed by atoms with Gasteiger partial charge in [-0.05, 0) is 0 Å². The van der Waals surface area contributed by atoms with Crippen molar-refractivity contribution >= 4 is 30.4 Å². The zero-order chi connectivity index (χ0) is 20.2. The molecule has 0 unspecified atom stereocenters. The minimum absolute atomic E-state index is 0.681. The van der Waals surface area contributed by atoms with Crippen LogP contribution in [0.25, 0.3) is 0 Å². The van der Waals surface area contributed by atoms with Crippen LogP contribution >= 0.6 is 7.81 Å². The first-order valence-electron chi connectivity index (χ1n) is 5.55. The van der Waals surface area contributed by atoms with E-state index in [2.05, 4.69) is 4.33 Å². The van der Waals surface area contributed by atoms with Crippen LogP contribution < -0.4 is 5.26 Å². The molecule has 0 N–H and O–H groups in total. The third-order valence-electron chi connectivity index (χ3n) is 1.16. The Kier molecular flexibility index (Phi) is 13.3. The second-order valence-corrected chi connectivity index (χ2v) is 7.64. The van der Waals surface area contributed by atoms with Gasteiger partial charge in [0.25, 0.3) is 10.1 Å². The third kappa shape index (κ3) is 203. The Labute approximate surface area is 132 Å². The molecule has 0 aromatic rings. The molecule has 0 saturated heterocycles. The van der Waals surface area contributed by atoms with E-state index in [1.54, 1.807) is 0 Å². The number of halogens is 6. The van der Waals surface area contributed by atoms with E-state index in [9.17, 15) is 33.6 Å². The zero-order valence-corrected chi connectivity index (χ0v) is 15.5. The van der Waals surface area contributed by atoms with Crippen LogP contribution in [0.15, 0.2) is 0 Å². The van der Waals surface area contributed by atoms with Gasteiger partial charge in [-0.15, -0.1) is 0 Å². The molecule has 0 fully saturated rings. The standard InChI is InChI=1S/2C4H10N.CH4O4S.F6P/c2*1-4-5(2)3;1-6(3,4)5-2;1-7(2,3,4,5)6/h2*4H,1-3H3;2H,1H3;/q2*+1;;-1/p-1. The summed E-state index contributed by atoms with van der Waals surface area (Å²) in [7, 11) is -6.38. The molecule has 0 aliphatic rings. The summed E-state index contributed by atoms with van der Waals surface area (Å²) in [5.41, 5.74) is 0. The van der Waals surface area contributed by atoms with E-state index in [1.807, 2.05) is 63.6 Å². The number of hydrogen-bond donors (Lipinski definition) is 0. The van der Waals surface area contributed by atoms with Gasteiger partial charge in [-0.3, -0.25) is 0 Å². The van der Waals surface area contributed by atoms with Gasteiger partial charge in [0, 0.05) is 13.8 Å². The Morgan fingerprint density at radius 3 is 0.957 bits per heavy atom. The molecule has 0 heterocycles. The Bertz CT molecular complexity index is 452. The Morgan fingerprint density at radius 1 is 0.870 bits per heavy atom. The van der Waals surface area contributed by atoms with Gasteiger partial charge in [0.05, 0.1) is 6.26 Å². The topological polar surface area (TPSA) is 72.5 Å². The van der Waals surface area contributed by atoms with Gasteiger partial charge >= 0.3 is 33.0 Å².